The van der Waals surface area contributed by atoms with Crippen LogP contribution in [0.25, 0.3) is 10.9 Å². The van der Waals surface area contributed by atoms with Crippen molar-refractivity contribution in [3.05, 3.63) is 47.7 Å². The number of fused-ring (bicyclic) bond motifs is 1. The van der Waals surface area contributed by atoms with E-state index >= 15 is 0 Å². The van der Waals surface area contributed by atoms with Crippen LogP contribution in [0.5, 0.6) is 5.88 Å². The van der Waals surface area contributed by atoms with Crippen LogP contribution in [0, 0.1) is 6.92 Å². The number of morpholine rings is 2. The largest absolute Gasteiger partial charge is 0.476 e. The predicted molar refractivity (Wildman–Crippen MR) is 134 cm³/mol. The number of H-pyrrole nitrogens is 1. The summed E-state index contributed by atoms with van der Waals surface area (Å²) in [6.45, 7) is 9.99. The number of nitrogens with one attached hydrogen (secondary N) is 2. The molecular formula is C25H32N6O3. The molecule has 34 heavy (non-hydrogen) atoms. The summed E-state index contributed by atoms with van der Waals surface area (Å²) in [7, 11) is 0. The van der Waals surface area contributed by atoms with Crippen molar-refractivity contribution in [3.8, 4) is 5.88 Å². The van der Waals surface area contributed by atoms with Crippen LogP contribution in [-0.4, -0.2) is 86.8 Å². The monoisotopic (exact) mass is 464 g/mol. The van der Waals surface area contributed by atoms with Crippen molar-refractivity contribution in [2.45, 2.75) is 6.92 Å². The van der Waals surface area contributed by atoms with E-state index in [1.807, 2.05) is 24.5 Å². The second kappa shape index (κ2) is 10.9. The fourth-order valence-corrected chi connectivity index (χ4v) is 4.23. The van der Waals surface area contributed by atoms with Gasteiger partial charge in [-0.05, 0) is 18.6 Å². The number of hydrogen-bond donors (Lipinski definition) is 2. The highest BCUT2D eigenvalue weighted by Gasteiger charge is 2.15. The Kier molecular flexibility index (Phi) is 7.23. The number of hydrazone groups is 1. The van der Waals surface area contributed by atoms with E-state index in [2.05, 4.69) is 50.4 Å². The van der Waals surface area contributed by atoms with Crippen molar-refractivity contribution < 1.29 is 14.2 Å². The van der Waals surface area contributed by atoms with Crippen molar-refractivity contribution in [2.75, 3.05) is 76.1 Å². The Morgan fingerprint density at radius 3 is 2.71 bits per heavy atom. The smallest absolute Gasteiger partial charge is 0.217 e. The van der Waals surface area contributed by atoms with Crippen LogP contribution in [-0.2, 0) is 9.47 Å². The minimum Gasteiger partial charge on any atom is -0.476 e. The lowest BCUT2D eigenvalue weighted by molar-refractivity contribution is 0.0320. The Hall–Kier alpha value is -3.14. The lowest BCUT2D eigenvalue weighted by Crippen LogP contribution is -2.38. The molecule has 1 aromatic carbocycles. The maximum atomic E-state index is 6.05. The summed E-state index contributed by atoms with van der Waals surface area (Å²) in [6, 6.07) is 10.3. The minimum atomic E-state index is 0.580. The average Bonchev–Trinajstić information content (AvgIpc) is 3.27. The SMILES string of the molecule is Cc1ccc2c(/C=N\Nc3cc(OCCN4CCOCC4)nc(N4CCOCC4)c3)c[nH]c2c1. The zero-order valence-corrected chi connectivity index (χ0v) is 19.6. The molecule has 5 rings (SSSR count). The molecule has 0 bridgehead atoms. The first kappa shape index (κ1) is 22.6. The number of aromatic nitrogens is 2. The molecule has 3 aromatic rings. The standard InChI is InChI=1S/C25H32N6O3/c1-19-2-3-22-20(17-26-23(22)14-19)18-27-29-21-15-24(31-7-11-33-12-8-31)28-25(16-21)34-13-6-30-4-9-32-10-5-30/h2-3,14-18,26H,4-13H2,1H3,(H,28,29)/b27-18-. The fraction of sp³-hybridized carbons (Fsp3) is 0.440. The van der Waals surface area contributed by atoms with Crippen LogP contribution < -0.4 is 15.1 Å². The molecule has 2 N–H and O–H groups in total. The normalized spacial score (nSPS) is 17.5. The zero-order chi connectivity index (χ0) is 23.2. The van der Waals surface area contributed by atoms with Gasteiger partial charge in [-0.15, -0.1) is 0 Å². The second-order valence-corrected chi connectivity index (χ2v) is 8.62. The third-order valence-electron chi connectivity index (χ3n) is 6.15. The molecule has 0 amide bonds. The van der Waals surface area contributed by atoms with Gasteiger partial charge < -0.3 is 24.1 Å². The number of aryl methyl sites for hydroxylation is 1. The van der Waals surface area contributed by atoms with Gasteiger partial charge in [0.2, 0.25) is 5.88 Å². The van der Waals surface area contributed by atoms with Crippen LogP contribution >= 0.6 is 0 Å². The summed E-state index contributed by atoms with van der Waals surface area (Å²) in [5.74, 6) is 1.46. The summed E-state index contributed by atoms with van der Waals surface area (Å²) in [4.78, 5) is 12.6. The molecule has 2 aliphatic rings. The number of benzene rings is 1. The van der Waals surface area contributed by atoms with E-state index in [9.17, 15) is 0 Å². The van der Waals surface area contributed by atoms with Gasteiger partial charge in [0.05, 0.1) is 38.3 Å². The molecule has 0 radical (unpaired) electrons. The van der Waals surface area contributed by atoms with Gasteiger partial charge in [-0.2, -0.15) is 10.1 Å². The van der Waals surface area contributed by atoms with Crippen molar-refractivity contribution in [1.29, 1.82) is 0 Å². The lowest BCUT2D eigenvalue weighted by atomic mass is 10.1. The molecule has 2 aromatic heterocycles. The molecule has 9 heteroatoms. The molecular weight excluding hydrogens is 432 g/mol. The number of anilines is 2. The highest BCUT2D eigenvalue weighted by atomic mass is 16.5. The quantitative estimate of drug-likeness (QED) is 0.392. The lowest BCUT2D eigenvalue weighted by Gasteiger charge is -2.28. The van der Waals surface area contributed by atoms with Crippen molar-refractivity contribution in [2.24, 2.45) is 5.10 Å². The van der Waals surface area contributed by atoms with Crippen molar-refractivity contribution in [1.82, 2.24) is 14.9 Å². The van der Waals surface area contributed by atoms with Gasteiger partial charge in [0.1, 0.15) is 12.4 Å². The molecule has 2 aliphatic heterocycles. The van der Waals surface area contributed by atoms with Crippen LogP contribution in [0.1, 0.15) is 11.1 Å². The van der Waals surface area contributed by atoms with Gasteiger partial charge in [-0.1, -0.05) is 12.1 Å². The highest BCUT2D eigenvalue weighted by Crippen LogP contribution is 2.24. The summed E-state index contributed by atoms with van der Waals surface area (Å²) in [5.41, 5.74) is 7.38. The Morgan fingerprint density at radius 1 is 1.09 bits per heavy atom. The molecule has 4 heterocycles. The third-order valence-corrected chi connectivity index (χ3v) is 6.15. The zero-order valence-electron chi connectivity index (χ0n) is 19.6. The maximum Gasteiger partial charge on any atom is 0.217 e. The number of aromatic amines is 1. The Bertz CT molecular complexity index is 1120. The molecule has 0 spiro atoms. The van der Waals surface area contributed by atoms with Gasteiger partial charge in [0.15, 0.2) is 0 Å². The van der Waals surface area contributed by atoms with Crippen molar-refractivity contribution >= 4 is 28.6 Å². The van der Waals surface area contributed by atoms with Gasteiger partial charge in [0.25, 0.3) is 0 Å². The summed E-state index contributed by atoms with van der Waals surface area (Å²) in [5, 5.41) is 5.64. The molecule has 0 aliphatic carbocycles. The number of rotatable bonds is 8. The topological polar surface area (TPSA) is 87.2 Å². The van der Waals surface area contributed by atoms with E-state index in [-0.39, 0.29) is 0 Å². The first-order valence-electron chi connectivity index (χ1n) is 11.9. The van der Waals surface area contributed by atoms with E-state index in [1.165, 1.54) is 5.56 Å². The van der Waals surface area contributed by atoms with E-state index < -0.39 is 0 Å². The maximum absolute atomic E-state index is 6.05. The Balaban J connectivity index is 1.29. The third kappa shape index (κ3) is 5.67. The predicted octanol–water partition coefficient (Wildman–Crippen LogP) is 2.86. The van der Waals surface area contributed by atoms with Crippen LogP contribution in [0.3, 0.4) is 0 Å². The van der Waals surface area contributed by atoms with Gasteiger partial charge in [-0.25, -0.2) is 0 Å². The molecule has 2 fully saturated rings. The minimum absolute atomic E-state index is 0.580. The molecule has 9 nitrogen and oxygen atoms in total. The van der Waals surface area contributed by atoms with Gasteiger partial charge >= 0.3 is 0 Å². The first-order valence-corrected chi connectivity index (χ1v) is 11.9. The number of hydrogen-bond acceptors (Lipinski definition) is 8. The fourth-order valence-electron chi connectivity index (χ4n) is 4.23. The average molecular weight is 465 g/mol. The van der Waals surface area contributed by atoms with E-state index in [1.54, 1.807) is 0 Å². The van der Waals surface area contributed by atoms with Crippen LogP contribution in [0.2, 0.25) is 0 Å². The van der Waals surface area contributed by atoms with E-state index in [0.29, 0.717) is 25.7 Å². The number of nitrogens with zero attached hydrogens (tertiary/aromatic N) is 4. The first-order chi connectivity index (χ1) is 16.7. The molecule has 2 saturated heterocycles. The van der Waals surface area contributed by atoms with Gasteiger partial charge in [0, 0.05) is 67.5 Å². The summed E-state index contributed by atoms with van der Waals surface area (Å²) >= 11 is 0. The number of pyridine rings is 1. The Labute approximate surface area is 199 Å². The van der Waals surface area contributed by atoms with Crippen LogP contribution in [0.4, 0.5) is 11.5 Å². The Morgan fingerprint density at radius 2 is 1.88 bits per heavy atom. The van der Waals surface area contributed by atoms with E-state index in [0.717, 1.165) is 73.9 Å². The number of ether oxygens (including phenoxy) is 3. The molecule has 0 atom stereocenters. The molecule has 180 valence electrons. The summed E-state index contributed by atoms with van der Waals surface area (Å²) < 4.78 is 17.0. The van der Waals surface area contributed by atoms with Crippen molar-refractivity contribution in [3.63, 3.8) is 0 Å². The highest BCUT2D eigenvalue weighted by molar-refractivity contribution is 5.99. The molecule has 0 unspecified atom stereocenters. The van der Waals surface area contributed by atoms with Gasteiger partial charge in [-0.3, -0.25) is 10.3 Å². The van der Waals surface area contributed by atoms with E-state index in [4.69, 9.17) is 19.2 Å². The molecule has 0 saturated carbocycles. The van der Waals surface area contributed by atoms with Crippen LogP contribution in [0.15, 0.2) is 41.6 Å². The second-order valence-electron chi connectivity index (χ2n) is 8.62. The summed E-state index contributed by atoms with van der Waals surface area (Å²) in [6.07, 6.45) is 3.81.